The molecule has 0 aromatic heterocycles. The van der Waals surface area contributed by atoms with Crippen LogP contribution in [0.5, 0.6) is 5.75 Å². The molecule has 0 heterocycles. The predicted octanol–water partition coefficient (Wildman–Crippen LogP) is 0.497. The Morgan fingerprint density at radius 3 is 2.43 bits per heavy atom. The molecule has 118 valence electrons. The van der Waals surface area contributed by atoms with Crippen LogP contribution in [0.2, 0.25) is 0 Å². The molecule has 0 atom stereocenters. The maximum absolute atomic E-state index is 12.4. The zero-order valence-electron chi connectivity index (χ0n) is 12.5. The fourth-order valence-electron chi connectivity index (χ4n) is 1.59. The molecular weight excluding hydrogens is 296 g/mol. The molecule has 0 saturated heterocycles. The normalized spacial score (nSPS) is 12.0. The van der Waals surface area contributed by atoms with Crippen LogP contribution in [-0.4, -0.2) is 40.7 Å². The fourth-order valence-corrected chi connectivity index (χ4v) is 3.17. The van der Waals surface area contributed by atoms with Gasteiger partial charge >= 0.3 is 5.97 Å². The molecule has 0 fully saturated rings. The van der Waals surface area contributed by atoms with Gasteiger partial charge < -0.3 is 15.2 Å². The van der Waals surface area contributed by atoms with Gasteiger partial charge in [0.2, 0.25) is 10.0 Å². The van der Waals surface area contributed by atoms with Crippen molar-refractivity contribution in [1.29, 1.82) is 0 Å². The average Bonchev–Trinajstić information content (AvgIpc) is 2.44. The molecule has 1 aromatic carbocycles. The lowest BCUT2D eigenvalue weighted by molar-refractivity contribution is 0.0600. The molecule has 0 aliphatic rings. The zero-order chi connectivity index (χ0) is 16.3. The minimum Gasteiger partial charge on any atom is -0.495 e. The zero-order valence-corrected chi connectivity index (χ0v) is 13.3. The number of sulfonamides is 1. The second-order valence-corrected chi connectivity index (χ2v) is 6.70. The van der Waals surface area contributed by atoms with Crippen LogP contribution in [0.3, 0.4) is 0 Å². The van der Waals surface area contributed by atoms with E-state index >= 15 is 0 Å². The van der Waals surface area contributed by atoms with Crippen LogP contribution in [0.1, 0.15) is 24.2 Å². The van der Waals surface area contributed by atoms with Crippen LogP contribution >= 0.6 is 0 Å². The van der Waals surface area contributed by atoms with Gasteiger partial charge in [-0.1, -0.05) is 0 Å². The number of esters is 1. The summed E-state index contributed by atoms with van der Waals surface area (Å²) in [5.41, 5.74) is 4.92. The van der Waals surface area contributed by atoms with Gasteiger partial charge in [0.1, 0.15) is 10.6 Å². The van der Waals surface area contributed by atoms with E-state index in [1.165, 1.54) is 32.4 Å². The number of hydrogen-bond donors (Lipinski definition) is 2. The number of ether oxygens (including phenoxy) is 2. The van der Waals surface area contributed by atoms with Crippen molar-refractivity contribution in [3.05, 3.63) is 23.8 Å². The summed E-state index contributed by atoms with van der Waals surface area (Å²) in [4.78, 5) is 11.4. The Balaban J connectivity index is 3.27. The van der Waals surface area contributed by atoms with E-state index in [0.717, 1.165) is 0 Å². The first-order valence-corrected chi connectivity index (χ1v) is 7.65. The molecule has 0 radical (unpaired) electrons. The van der Waals surface area contributed by atoms with Crippen molar-refractivity contribution in [3.8, 4) is 5.75 Å². The van der Waals surface area contributed by atoms with Gasteiger partial charge in [-0.05, 0) is 32.0 Å². The number of benzene rings is 1. The van der Waals surface area contributed by atoms with E-state index in [4.69, 9.17) is 10.5 Å². The van der Waals surface area contributed by atoms with Gasteiger partial charge in [0, 0.05) is 12.1 Å². The summed E-state index contributed by atoms with van der Waals surface area (Å²) in [6.45, 7) is 3.47. The lowest BCUT2D eigenvalue weighted by Gasteiger charge is -2.24. The maximum Gasteiger partial charge on any atom is 0.337 e. The van der Waals surface area contributed by atoms with E-state index < -0.39 is 21.5 Å². The van der Waals surface area contributed by atoms with Crippen LogP contribution in [0.25, 0.3) is 0 Å². The first kappa shape index (κ1) is 17.4. The topological polar surface area (TPSA) is 108 Å². The van der Waals surface area contributed by atoms with Crippen molar-refractivity contribution < 1.29 is 22.7 Å². The average molecular weight is 316 g/mol. The first-order valence-electron chi connectivity index (χ1n) is 6.17. The molecule has 0 unspecified atom stereocenters. The van der Waals surface area contributed by atoms with Gasteiger partial charge in [0.05, 0.1) is 19.8 Å². The van der Waals surface area contributed by atoms with Crippen molar-refractivity contribution in [3.63, 3.8) is 0 Å². The second-order valence-electron chi connectivity index (χ2n) is 5.05. The number of carbonyl (C=O) groups is 1. The van der Waals surface area contributed by atoms with Crippen LogP contribution in [0, 0.1) is 0 Å². The van der Waals surface area contributed by atoms with Gasteiger partial charge in [0.25, 0.3) is 0 Å². The van der Waals surface area contributed by atoms with E-state index in [9.17, 15) is 13.2 Å². The van der Waals surface area contributed by atoms with E-state index in [1.54, 1.807) is 13.8 Å². The molecule has 0 bridgehead atoms. The van der Waals surface area contributed by atoms with Crippen LogP contribution < -0.4 is 15.2 Å². The molecule has 0 amide bonds. The Hall–Kier alpha value is -1.64. The van der Waals surface area contributed by atoms with Crippen LogP contribution in [-0.2, 0) is 14.8 Å². The summed E-state index contributed by atoms with van der Waals surface area (Å²) in [5, 5.41) is 0. The summed E-state index contributed by atoms with van der Waals surface area (Å²) >= 11 is 0. The third-order valence-electron chi connectivity index (χ3n) is 2.80. The van der Waals surface area contributed by atoms with E-state index in [1.807, 2.05) is 0 Å². The highest BCUT2D eigenvalue weighted by molar-refractivity contribution is 7.89. The van der Waals surface area contributed by atoms with Gasteiger partial charge in [-0.25, -0.2) is 17.9 Å². The lowest BCUT2D eigenvalue weighted by atomic mass is 10.1. The Kier molecular flexibility index (Phi) is 5.32. The Bertz CT molecular complexity index is 625. The number of hydrogen-bond acceptors (Lipinski definition) is 6. The molecule has 3 N–H and O–H groups in total. The van der Waals surface area contributed by atoms with Gasteiger partial charge in [-0.15, -0.1) is 0 Å². The highest BCUT2D eigenvalue weighted by Crippen LogP contribution is 2.26. The third kappa shape index (κ3) is 4.16. The van der Waals surface area contributed by atoms with Crippen molar-refractivity contribution in [2.24, 2.45) is 5.73 Å². The largest absolute Gasteiger partial charge is 0.495 e. The molecule has 1 rings (SSSR count). The molecule has 0 spiro atoms. The molecule has 1 aromatic rings. The highest BCUT2D eigenvalue weighted by Gasteiger charge is 2.28. The molecule has 7 nitrogen and oxygen atoms in total. The van der Waals surface area contributed by atoms with Crippen molar-refractivity contribution in [1.82, 2.24) is 4.72 Å². The van der Waals surface area contributed by atoms with E-state index in [0.29, 0.717) is 0 Å². The first-order chi connectivity index (χ1) is 9.66. The monoisotopic (exact) mass is 316 g/mol. The summed E-state index contributed by atoms with van der Waals surface area (Å²) < 4.78 is 36.9. The van der Waals surface area contributed by atoms with Crippen LogP contribution in [0.15, 0.2) is 23.1 Å². The SMILES string of the molecule is COC(=O)c1ccc(S(=O)(=O)NC(C)(C)CN)c(OC)c1. The number of methoxy groups -OCH3 is 2. The van der Waals surface area contributed by atoms with Crippen molar-refractivity contribution in [2.75, 3.05) is 20.8 Å². The molecule has 8 heteroatoms. The Labute approximate surface area is 124 Å². The quantitative estimate of drug-likeness (QED) is 0.740. The lowest BCUT2D eigenvalue weighted by Crippen LogP contribution is -2.48. The molecule has 0 aliphatic carbocycles. The van der Waals surface area contributed by atoms with Gasteiger partial charge in [-0.3, -0.25) is 0 Å². The second kappa shape index (κ2) is 6.42. The van der Waals surface area contributed by atoms with Crippen LogP contribution in [0.4, 0.5) is 0 Å². The molecule has 0 aliphatic heterocycles. The number of rotatable bonds is 6. The number of nitrogens with one attached hydrogen (secondary N) is 1. The Morgan fingerprint density at radius 2 is 1.95 bits per heavy atom. The maximum atomic E-state index is 12.4. The smallest absolute Gasteiger partial charge is 0.337 e. The van der Waals surface area contributed by atoms with E-state index in [-0.39, 0.29) is 22.8 Å². The third-order valence-corrected chi connectivity index (χ3v) is 4.53. The summed E-state index contributed by atoms with van der Waals surface area (Å²) in [5.74, 6) is -0.522. The van der Waals surface area contributed by atoms with Crippen molar-refractivity contribution in [2.45, 2.75) is 24.3 Å². The predicted molar refractivity (Wildman–Crippen MR) is 77.8 cm³/mol. The van der Waals surface area contributed by atoms with E-state index in [2.05, 4.69) is 9.46 Å². The summed E-state index contributed by atoms with van der Waals surface area (Å²) in [7, 11) is -1.27. The number of nitrogens with two attached hydrogens (primary N) is 1. The molecule has 0 saturated carbocycles. The minimum atomic E-state index is -3.83. The van der Waals surface area contributed by atoms with Gasteiger partial charge in [-0.2, -0.15) is 0 Å². The fraction of sp³-hybridized carbons (Fsp3) is 0.462. The van der Waals surface area contributed by atoms with Crippen molar-refractivity contribution >= 4 is 16.0 Å². The highest BCUT2D eigenvalue weighted by atomic mass is 32.2. The minimum absolute atomic E-state index is 0.0539. The van der Waals surface area contributed by atoms with Gasteiger partial charge in [0.15, 0.2) is 0 Å². The molecule has 21 heavy (non-hydrogen) atoms. The molecular formula is C13H20N2O5S. The summed E-state index contributed by atoms with van der Waals surface area (Å²) in [6, 6.07) is 3.97. The summed E-state index contributed by atoms with van der Waals surface area (Å²) in [6.07, 6.45) is 0. The standard InChI is InChI=1S/C13H20N2O5S/c1-13(2,8-14)15-21(17,18)11-6-5-9(12(16)20-4)7-10(11)19-3/h5-7,15H,8,14H2,1-4H3. The Morgan fingerprint density at radius 1 is 1.33 bits per heavy atom. The number of carbonyl (C=O) groups excluding carboxylic acids is 1.